The number of nitrogens with one attached hydrogen (secondary N) is 2. The van der Waals surface area contributed by atoms with Gasteiger partial charge in [-0.3, -0.25) is 4.79 Å². The first-order chi connectivity index (χ1) is 12.4. The van der Waals surface area contributed by atoms with Crippen LogP contribution in [0.2, 0.25) is 0 Å². The zero-order chi connectivity index (χ0) is 19.0. The SMILES string of the molecule is CC(C)S(=O)(=O)NCCCCC(=O)Nc1cccc(N2CCOCC2)c1. The highest BCUT2D eigenvalue weighted by Crippen LogP contribution is 2.20. The summed E-state index contributed by atoms with van der Waals surface area (Å²) in [4.78, 5) is 14.3. The lowest BCUT2D eigenvalue weighted by Gasteiger charge is -2.29. The van der Waals surface area contributed by atoms with Gasteiger partial charge in [0.2, 0.25) is 15.9 Å². The normalized spacial score (nSPS) is 15.3. The minimum atomic E-state index is -3.23. The van der Waals surface area contributed by atoms with Gasteiger partial charge in [-0.2, -0.15) is 0 Å². The maximum Gasteiger partial charge on any atom is 0.224 e. The van der Waals surface area contributed by atoms with E-state index in [2.05, 4.69) is 14.9 Å². The van der Waals surface area contributed by atoms with Gasteiger partial charge in [0.05, 0.1) is 18.5 Å². The number of unbranched alkanes of at least 4 members (excludes halogenated alkanes) is 1. The number of amides is 1. The Hall–Kier alpha value is -1.64. The van der Waals surface area contributed by atoms with Crippen LogP contribution in [0, 0.1) is 0 Å². The van der Waals surface area contributed by atoms with Gasteiger partial charge >= 0.3 is 0 Å². The van der Waals surface area contributed by atoms with E-state index in [4.69, 9.17) is 4.74 Å². The summed E-state index contributed by atoms with van der Waals surface area (Å²) in [7, 11) is -3.23. The summed E-state index contributed by atoms with van der Waals surface area (Å²) >= 11 is 0. The van der Waals surface area contributed by atoms with Crippen molar-refractivity contribution in [3.05, 3.63) is 24.3 Å². The van der Waals surface area contributed by atoms with Crippen LogP contribution in [0.5, 0.6) is 0 Å². The van der Waals surface area contributed by atoms with Crippen molar-refractivity contribution >= 4 is 27.3 Å². The van der Waals surface area contributed by atoms with Gasteiger partial charge in [-0.25, -0.2) is 13.1 Å². The van der Waals surface area contributed by atoms with E-state index in [1.807, 2.05) is 24.3 Å². The molecule has 1 saturated heterocycles. The molecule has 1 aromatic rings. The third kappa shape index (κ3) is 6.59. The third-order valence-electron chi connectivity index (χ3n) is 4.26. The lowest BCUT2D eigenvalue weighted by molar-refractivity contribution is -0.116. The van der Waals surface area contributed by atoms with Crippen LogP contribution in [0.4, 0.5) is 11.4 Å². The average molecular weight is 384 g/mol. The molecule has 8 heteroatoms. The first-order valence-corrected chi connectivity index (χ1v) is 10.6. The molecule has 0 aromatic heterocycles. The minimum Gasteiger partial charge on any atom is -0.378 e. The fourth-order valence-corrected chi connectivity index (χ4v) is 3.38. The van der Waals surface area contributed by atoms with E-state index in [1.165, 1.54) is 0 Å². The van der Waals surface area contributed by atoms with Crippen molar-refractivity contribution in [2.45, 2.75) is 38.4 Å². The second-order valence-corrected chi connectivity index (χ2v) is 8.96. The smallest absolute Gasteiger partial charge is 0.224 e. The monoisotopic (exact) mass is 383 g/mol. The molecule has 1 aromatic carbocycles. The molecule has 0 atom stereocenters. The lowest BCUT2D eigenvalue weighted by atomic mass is 10.2. The van der Waals surface area contributed by atoms with Crippen molar-refractivity contribution in [2.24, 2.45) is 0 Å². The number of rotatable bonds is 9. The molecule has 0 radical (unpaired) electrons. The Morgan fingerprint density at radius 3 is 2.65 bits per heavy atom. The molecule has 0 unspecified atom stereocenters. The van der Waals surface area contributed by atoms with Crippen LogP contribution in [0.3, 0.4) is 0 Å². The van der Waals surface area contributed by atoms with E-state index in [1.54, 1.807) is 13.8 Å². The molecular formula is C18H29N3O4S. The number of anilines is 2. The maximum atomic E-state index is 12.1. The minimum absolute atomic E-state index is 0.0594. The molecule has 1 heterocycles. The summed E-state index contributed by atoms with van der Waals surface area (Å²) < 4.78 is 31.2. The van der Waals surface area contributed by atoms with Gasteiger partial charge in [-0.15, -0.1) is 0 Å². The largest absolute Gasteiger partial charge is 0.378 e. The van der Waals surface area contributed by atoms with Crippen LogP contribution in [-0.4, -0.2) is 52.4 Å². The van der Waals surface area contributed by atoms with Crippen LogP contribution in [0.25, 0.3) is 0 Å². The predicted octanol–water partition coefficient (Wildman–Crippen LogP) is 1.96. The summed E-state index contributed by atoms with van der Waals surface area (Å²) in [5.74, 6) is -0.0594. The average Bonchev–Trinajstić information content (AvgIpc) is 2.62. The number of carbonyl (C=O) groups is 1. The Balaban J connectivity index is 1.72. The van der Waals surface area contributed by atoms with Gasteiger partial charge < -0.3 is 15.0 Å². The molecule has 146 valence electrons. The number of ether oxygens (including phenoxy) is 1. The maximum absolute atomic E-state index is 12.1. The number of carbonyl (C=O) groups excluding carboxylic acids is 1. The Morgan fingerprint density at radius 2 is 1.96 bits per heavy atom. The lowest BCUT2D eigenvalue weighted by Crippen LogP contribution is -2.36. The van der Waals surface area contributed by atoms with E-state index in [9.17, 15) is 13.2 Å². The summed E-state index contributed by atoms with van der Waals surface area (Å²) in [6, 6.07) is 7.81. The molecule has 1 aliphatic rings. The van der Waals surface area contributed by atoms with E-state index in [-0.39, 0.29) is 5.91 Å². The molecular weight excluding hydrogens is 354 g/mol. The van der Waals surface area contributed by atoms with Crippen LogP contribution in [0.15, 0.2) is 24.3 Å². The number of nitrogens with zero attached hydrogens (tertiary/aromatic N) is 1. The van der Waals surface area contributed by atoms with Crippen molar-refractivity contribution in [1.29, 1.82) is 0 Å². The highest BCUT2D eigenvalue weighted by atomic mass is 32.2. The first kappa shape index (κ1) is 20.7. The Kier molecular flexibility index (Phi) is 7.86. The molecule has 1 fully saturated rings. The molecule has 2 N–H and O–H groups in total. The molecule has 0 saturated carbocycles. The van der Waals surface area contributed by atoms with Gasteiger partial charge in [-0.05, 0) is 44.9 Å². The van der Waals surface area contributed by atoms with Crippen molar-refractivity contribution in [3.8, 4) is 0 Å². The number of benzene rings is 1. The molecule has 7 nitrogen and oxygen atoms in total. The Labute approximate surface area is 156 Å². The summed E-state index contributed by atoms with van der Waals surface area (Å²) in [6.07, 6.45) is 1.63. The van der Waals surface area contributed by atoms with Crippen LogP contribution in [-0.2, 0) is 19.6 Å². The van der Waals surface area contributed by atoms with Crippen molar-refractivity contribution in [2.75, 3.05) is 43.1 Å². The van der Waals surface area contributed by atoms with Gasteiger partial charge in [-0.1, -0.05) is 6.07 Å². The van der Waals surface area contributed by atoms with Gasteiger partial charge in [0, 0.05) is 37.4 Å². The van der Waals surface area contributed by atoms with E-state index in [0.29, 0.717) is 25.8 Å². The summed E-state index contributed by atoms with van der Waals surface area (Å²) in [6.45, 7) is 6.78. The summed E-state index contributed by atoms with van der Waals surface area (Å²) in [5.41, 5.74) is 1.86. The van der Waals surface area contributed by atoms with E-state index < -0.39 is 15.3 Å². The second-order valence-electron chi connectivity index (χ2n) is 6.64. The molecule has 26 heavy (non-hydrogen) atoms. The van der Waals surface area contributed by atoms with E-state index >= 15 is 0 Å². The van der Waals surface area contributed by atoms with E-state index in [0.717, 1.165) is 37.7 Å². The molecule has 0 spiro atoms. The predicted molar refractivity (Wildman–Crippen MR) is 104 cm³/mol. The van der Waals surface area contributed by atoms with Crippen molar-refractivity contribution < 1.29 is 17.9 Å². The van der Waals surface area contributed by atoms with Gasteiger partial charge in [0.15, 0.2) is 0 Å². The topological polar surface area (TPSA) is 87.7 Å². The highest BCUT2D eigenvalue weighted by Gasteiger charge is 2.14. The van der Waals surface area contributed by atoms with Gasteiger partial charge in [0.1, 0.15) is 0 Å². The molecule has 0 aliphatic carbocycles. The fraction of sp³-hybridized carbons (Fsp3) is 0.611. The summed E-state index contributed by atoms with van der Waals surface area (Å²) in [5, 5.41) is 2.47. The quantitative estimate of drug-likeness (QED) is 0.637. The molecule has 2 rings (SSSR count). The van der Waals surface area contributed by atoms with Gasteiger partial charge in [0.25, 0.3) is 0 Å². The fourth-order valence-electron chi connectivity index (χ4n) is 2.62. The molecule has 1 aliphatic heterocycles. The zero-order valence-electron chi connectivity index (χ0n) is 15.5. The number of morpholine rings is 1. The van der Waals surface area contributed by atoms with Crippen molar-refractivity contribution in [3.63, 3.8) is 0 Å². The van der Waals surface area contributed by atoms with Crippen LogP contribution >= 0.6 is 0 Å². The number of hydrogen-bond acceptors (Lipinski definition) is 5. The second kappa shape index (κ2) is 9.89. The molecule has 0 bridgehead atoms. The number of sulfonamides is 1. The standard InChI is InChI=1S/C18H29N3O4S/c1-15(2)26(23,24)19-9-4-3-8-18(22)20-16-6-5-7-17(14-16)21-10-12-25-13-11-21/h5-7,14-15,19H,3-4,8-13H2,1-2H3,(H,20,22). The number of hydrogen-bond donors (Lipinski definition) is 2. The Bertz CT molecular complexity index is 685. The zero-order valence-corrected chi connectivity index (χ0v) is 16.3. The van der Waals surface area contributed by atoms with Crippen molar-refractivity contribution in [1.82, 2.24) is 4.72 Å². The van der Waals surface area contributed by atoms with Crippen LogP contribution in [0.1, 0.15) is 33.1 Å². The first-order valence-electron chi connectivity index (χ1n) is 9.09. The highest BCUT2D eigenvalue weighted by molar-refractivity contribution is 7.90. The Morgan fingerprint density at radius 1 is 1.23 bits per heavy atom. The third-order valence-corrected chi connectivity index (χ3v) is 6.11. The molecule has 1 amide bonds. The van der Waals surface area contributed by atoms with Crippen LogP contribution < -0.4 is 14.9 Å².